The topological polar surface area (TPSA) is 170 Å². The summed E-state index contributed by atoms with van der Waals surface area (Å²) in [7, 11) is 0. The Kier molecular flexibility index (Phi) is 6.03. The zero-order chi connectivity index (χ0) is 18.7. The number of amides is 2. The third-order valence-electron chi connectivity index (χ3n) is 3.99. The highest BCUT2D eigenvalue weighted by Crippen LogP contribution is 2.40. The Labute approximate surface area is 147 Å². The van der Waals surface area contributed by atoms with E-state index in [1.165, 1.54) is 11.8 Å². The van der Waals surface area contributed by atoms with Gasteiger partial charge in [0.1, 0.15) is 23.2 Å². The summed E-state index contributed by atoms with van der Waals surface area (Å²) in [4.78, 5) is 47.1. The number of fused-ring (bicyclic) bond motifs is 1. The van der Waals surface area contributed by atoms with E-state index in [1.54, 1.807) is 0 Å². The van der Waals surface area contributed by atoms with Crippen molar-refractivity contribution in [1.29, 1.82) is 0 Å². The molecule has 6 N–H and O–H groups in total. The summed E-state index contributed by atoms with van der Waals surface area (Å²) in [5.74, 6) is -3.15. The van der Waals surface area contributed by atoms with Gasteiger partial charge in [-0.3, -0.25) is 19.3 Å². The molecule has 2 rings (SSSR count). The fraction of sp³-hybridized carbons (Fsp3) is 0.571. The van der Waals surface area contributed by atoms with Crippen molar-refractivity contribution in [1.82, 2.24) is 10.2 Å². The number of hydrogen-bond acceptors (Lipinski definition) is 7. The monoisotopic (exact) mass is 373 g/mol. The summed E-state index contributed by atoms with van der Waals surface area (Å²) >= 11 is 1.26. The first kappa shape index (κ1) is 19.2. The summed E-state index contributed by atoms with van der Waals surface area (Å²) in [6.45, 7) is -0.452. The van der Waals surface area contributed by atoms with Crippen LogP contribution < -0.4 is 11.1 Å². The van der Waals surface area contributed by atoms with Crippen LogP contribution in [0.25, 0.3) is 0 Å². The number of thioether (sulfide) groups is 1. The average Bonchev–Trinajstić information content (AvgIpc) is 2.57. The Bertz CT molecular complexity index is 636. The van der Waals surface area contributed by atoms with Gasteiger partial charge in [0, 0.05) is 12.2 Å². The number of β-lactam (4-membered cyclic amide) rings is 1. The van der Waals surface area contributed by atoms with Crippen molar-refractivity contribution in [3.05, 3.63) is 11.3 Å². The molecule has 2 aliphatic heterocycles. The molecule has 1 saturated heterocycles. The van der Waals surface area contributed by atoms with Crippen molar-refractivity contribution in [2.45, 2.75) is 36.7 Å². The van der Waals surface area contributed by atoms with E-state index in [2.05, 4.69) is 5.32 Å². The predicted octanol–water partition coefficient (Wildman–Crippen LogP) is -1.70. The Hall–Kier alpha value is -2.11. The molecular weight excluding hydrogens is 354 g/mol. The van der Waals surface area contributed by atoms with Gasteiger partial charge in [-0.15, -0.1) is 11.8 Å². The van der Waals surface area contributed by atoms with Gasteiger partial charge in [-0.05, 0) is 18.4 Å². The van der Waals surface area contributed by atoms with Crippen molar-refractivity contribution >= 4 is 35.5 Å². The zero-order valence-corrected chi connectivity index (χ0v) is 14.0. The highest BCUT2D eigenvalue weighted by Gasteiger charge is 2.53. The van der Waals surface area contributed by atoms with Gasteiger partial charge in [-0.25, -0.2) is 4.79 Å². The van der Waals surface area contributed by atoms with Crippen LogP contribution in [0, 0.1) is 0 Å². The zero-order valence-electron chi connectivity index (χ0n) is 13.2. The number of carboxylic acids is 2. The number of rotatable bonds is 8. The molecule has 0 aromatic carbocycles. The van der Waals surface area contributed by atoms with E-state index in [9.17, 15) is 29.4 Å². The molecule has 2 heterocycles. The molecule has 0 aromatic rings. The second-order valence-electron chi connectivity index (χ2n) is 5.71. The second-order valence-corrected chi connectivity index (χ2v) is 6.81. The van der Waals surface area contributed by atoms with E-state index in [-0.39, 0.29) is 36.3 Å². The predicted molar refractivity (Wildman–Crippen MR) is 86.2 cm³/mol. The number of carbonyl (C=O) groups is 4. The average molecular weight is 373 g/mol. The van der Waals surface area contributed by atoms with E-state index < -0.39 is 47.8 Å². The van der Waals surface area contributed by atoms with Crippen LogP contribution in [0.1, 0.15) is 19.3 Å². The van der Waals surface area contributed by atoms with E-state index in [0.29, 0.717) is 0 Å². The van der Waals surface area contributed by atoms with Gasteiger partial charge in [0.25, 0.3) is 5.91 Å². The van der Waals surface area contributed by atoms with Crippen LogP contribution in [0.2, 0.25) is 0 Å². The first-order valence-electron chi connectivity index (χ1n) is 7.56. The standard InChI is InChI=1S/C14H19N3O7S/c15-7(13(21)22)2-1-3-8(19)16-9-11(20)17-10(14(23)24)6(4-18)5-25-12(9)17/h7,9,12,18H,1-5,15H2,(H,16,19)(H,21,22)(H,23,24)/t7?,9-,12+/m1/s1. The highest BCUT2D eigenvalue weighted by atomic mass is 32.2. The van der Waals surface area contributed by atoms with Crippen LogP contribution in [-0.2, 0) is 19.2 Å². The molecule has 138 valence electrons. The van der Waals surface area contributed by atoms with E-state index in [0.717, 1.165) is 4.90 Å². The Balaban J connectivity index is 1.91. The van der Waals surface area contributed by atoms with Crippen molar-refractivity contribution in [3.8, 4) is 0 Å². The van der Waals surface area contributed by atoms with Crippen molar-refractivity contribution in [2.24, 2.45) is 5.73 Å². The summed E-state index contributed by atoms with van der Waals surface area (Å²) in [5.41, 5.74) is 5.38. The van der Waals surface area contributed by atoms with Crippen LogP contribution in [0.4, 0.5) is 0 Å². The second kappa shape index (κ2) is 7.85. The van der Waals surface area contributed by atoms with Crippen LogP contribution >= 0.6 is 11.8 Å². The number of aliphatic carboxylic acids is 2. The quantitative estimate of drug-likeness (QED) is 0.311. The van der Waals surface area contributed by atoms with Crippen molar-refractivity contribution in [3.63, 3.8) is 0 Å². The summed E-state index contributed by atoms with van der Waals surface area (Å²) in [5, 5.41) is 29.1. The number of carbonyl (C=O) groups excluding carboxylic acids is 2. The minimum absolute atomic E-state index is 0.0195. The number of nitrogens with one attached hydrogen (secondary N) is 1. The van der Waals surface area contributed by atoms with Crippen molar-refractivity contribution in [2.75, 3.05) is 12.4 Å². The number of hydrogen-bond donors (Lipinski definition) is 5. The molecule has 10 nitrogen and oxygen atoms in total. The van der Waals surface area contributed by atoms with Crippen LogP contribution in [0.3, 0.4) is 0 Å². The minimum Gasteiger partial charge on any atom is -0.480 e. The molecule has 0 radical (unpaired) electrons. The minimum atomic E-state index is -1.30. The Morgan fingerprint density at radius 2 is 2.04 bits per heavy atom. The molecule has 3 atom stereocenters. The molecule has 0 bridgehead atoms. The molecule has 11 heteroatoms. The molecule has 0 spiro atoms. The largest absolute Gasteiger partial charge is 0.480 e. The number of nitrogens with zero attached hydrogens (tertiary/aromatic N) is 1. The normalized spacial score (nSPS) is 23.6. The maximum atomic E-state index is 12.2. The smallest absolute Gasteiger partial charge is 0.352 e. The summed E-state index contributed by atoms with van der Waals surface area (Å²) in [6.07, 6.45) is 0.416. The van der Waals surface area contributed by atoms with Crippen LogP contribution in [0.15, 0.2) is 11.3 Å². The van der Waals surface area contributed by atoms with Crippen LogP contribution in [0.5, 0.6) is 0 Å². The van der Waals surface area contributed by atoms with Crippen LogP contribution in [-0.4, -0.2) is 73.8 Å². The highest BCUT2D eigenvalue weighted by molar-refractivity contribution is 8.00. The SMILES string of the molecule is NC(CCCC(=O)N[C@@H]1C(=O)N2C(C(=O)O)=C(CO)CS[C@@H]12)C(=O)O. The van der Waals surface area contributed by atoms with E-state index >= 15 is 0 Å². The fourth-order valence-electron chi connectivity index (χ4n) is 2.66. The number of aliphatic hydroxyl groups is 1. The molecular formula is C14H19N3O7S. The van der Waals surface area contributed by atoms with Gasteiger partial charge < -0.3 is 26.4 Å². The Morgan fingerprint density at radius 1 is 1.36 bits per heavy atom. The molecule has 1 fully saturated rings. The summed E-state index contributed by atoms with van der Waals surface area (Å²) < 4.78 is 0. The van der Waals surface area contributed by atoms with E-state index in [1.807, 2.05) is 0 Å². The number of nitrogens with two attached hydrogens (primary N) is 1. The lowest BCUT2D eigenvalue weighted by Crippen LogP contribution is -2.70. The lowest BCUT2D eigenvalue weighted by atomic mass is 10.0. The van der Waals surface area contributed by atoms with E-state index in [4.69, 9.17) is 10.8 Å². The van der Waals surface area contributed by atoms with Gasteiger partial charge in [0.05, 0.1) is 6.61 Å². The number of aliphatic hydroxyl groups excluding tert-OH is 1. The van der Waals surface area contributed by atoms with Gasteiger partial charge in [0.15, 0.2) is 0 Å². The Morgan fingerprint density at radius 3 is 2.60 bits per heavy atom. The first-order valence-corrected chi connectivity index (χ1v) is 8.61. The maximum absolute atomic E-state index is 12.2. The fourth-order valence-corrected chi connectivity index (χ4v) is 3.99. The molecule has 2 aliphatic rings. The molecule has 1 unspecified atom stereocenters. The molecule has 2 amide bonds. The molecule has 0 aliphatic carbocycles. The van der Waals surface area contributed by atoms with Gasteiger partial charge in [0.2, 0.25) is 5.91 Å². The lowest BCUT2D eigenvalue weighted by molar-refractivity contribution is -0.150. The maximum Gasteiger partial charge on any atom is 0.352 e. The van der Waals surface area contributed by atoms with Gasteiger partial charge in [-0.1, -0.05) is 0 Å². The lowest BCUT2D eigenvalue weighted by Gasteiger charge is -2.49. The molecule has 0 aromatic heterocycles. The molecule has 25 heavy (non-hydrogen) atoms. The van der Waals surface area contributed by atoms with Gasteiger partial charge in [-0.2, -0.15) is 0 Å². The third kappa shape index (κ3) is 3.94. The molecule has 0 saturated carbocycles. The summed E-state index contributed by atoms with van der Waals surface area (Å²) in [6, 6.07) is -1.87. The first-order chi connectivity index (χ1) is 11.8. The number of carboxylic acid groups (broad SMARTS) is 2. The van der Waals surface area contributed by atoms with Gasteiger partial charge >= 0.3 is 11.9 Å². The van der Waals surface area contributed by atoms with Crippen molar-refractivity contribution < 1.29 is 34.5 Å². The third-order valence-corrected chi connectivity index (χ3v) is 5.33.